The predicted molar refractivity (Wildman–Crippen MR) is 100 cm³/mol. The van der Waals surface area contributed by atoms with Gasteiger partial charge in [-0.15, -0.1) is 0 Å². The van der Waals surface area contributed by atoms with Gasteiger partial charge < -0.3 is 9.88 Å². The zero-order valence-corrected chi connectivity index (χ0v) is 15.5. The van der Waals surface area contributed by atoms with E-state index in [1.54, 1.807) is 30.7 Å². The summed E-state index contributed by atoms with van der Waals surface area (Å²) in [6.45, 7) is 4.49. The molecule has 1 aromatic carbocycles. The van der Waals surface area contributed by atoms with Gasteiger partial charge in [0, 0.05) is 17.8 Å². The number of benzene rings is 1. The number of carbonyl (C=O) groups excluding carboxylic acids is 1. The molecular formula is C18H18Cl2N4O. The minimum Gasteiger partial charge on any atom is -0.350 e. The molecule has 0 fully saturated rings. The van der Waals surface area contributed by atoms with Gasteiger partial charge in [-0.05, 0) is 37.6 Å². The number of aromatic nitrogens is 3. The van der Waals surface area contributed by atoms with Gasteiger partial charge in [0.15, 0.2) is 0 Å². The number of nitrogens with one attached hydrogen (secondary N) is 1. The first-order valence-corrected chi connectivity index (χ1v) is 8.79. The molecule has 0 radical (unpaired) electrons. The maximum atomic E-state index is 12.2. The SMILES string of the molecule is CCC(C)NC(=O)c1ccc2c(c1)ncn2Cc1ncc(Cl)cc1Cl. The van der Waals surface area contributed by atoms with E-state index in [0.29, 0.717) is 27.8 Å². The number of hydrogen-bond donors (Lipinski definition) is 1. The summed E-state index contributed by atoms with van der Waals surface area (Å²) >= 11 is 12.1. The van der Waals surface area contributed by atoms with Crippen molar-refractivity contribution in [3.05, 3.63) is 58.1 Å². The van der Waals surface area contributed by atoms with Crippen LogP contribution in [0, 0.1) is 0 Å². The zero-order valence-electron chi connectivity index (χ0n) is 14.0. The van der Waals surface area contributed by atoms with E-state index in [4.69, 9.17) is 23.2 Å². The van der Waals surface area contributed by atoms with Crippen LogP contribution in [0.1, 0.15) is 36.3 Å². The lowest BCUT2D eigenvalue weighted by Crippen LogP contribution is -2.31. The second kappa shape index (κ2) is 7.42. The molecule has 0 aliphatic heterocycles. The van der Waals surface area contributed by atoms with Gasteiger partial charge in [-0.25, -0.2) is 4.98 Å². The summed E-state index contributed by atoms with van der Waals surface area (Å²) in [5.74, 6) is -0.0896. The monoisotopic (exact) mass is 376 g/mol. The first kappa shape index (κ1) is 17.7. The minimum atomic E-state index is -0.0896. The van der Waals surface area contributed by atoms with E-state index in [1.807, 2.05) is 24.5 Å². The number of pyridine rings is 1. The highest BCUT2D eigenvalue weighted by molar-refractivity contribution is 6.34. The third-order valence-corrected chi connectivity index (χ3v) is 4.61. The Morgan fingerprint density at radius 2 is 2.08 bits per heavy atom. The summed E-state index contributed by atoms with van der Waals surface area (Å²) in [4.78, 5) is 20.9. The highest BCUT2D eigenvalue weighted by Crippen LogP contribution is 2.21. The Balaban J connectivity index is 1.86. The Morgan fingerprint density at radius 1 is 1.28 bits per heavy atom. The van der Waals surface area contributed by atoms with Crippen LogP contribution in [0.15, 0.2) is 36.8 Å². The maximum Gasteiger partial charge on any atom is 0.251 e. The second-order valence-electron chi connectivity index (χ2n) is 5.94. The van der Waals surface area contributed by atoms with Crippen molar-refractivity contribution in [3.63, 3.8) is 0 Å². The summed E-state index contributed by atoms with van der Waals surface area (Å²) in [7, 11) is 0. The molecule has 1 atom stereocenters. The first-order chi connectivity index (χ1) is 12.0. The van der Waals surface area contributed by atoms with Gasteiger partial charge in [0.25, 0.3) is 5.91 Å². The van der Waals surface area contributed by atoms with Gasteiger partial charge in [0.05, 0.1) is 39.6 Å². The number of nitrogens with zero attached hydrogens (tertiary/aromatic N) is 3. The molecule has 0 saturated heterocycles. The van der Waals surface area contributed by atoms with E-state index < -0.39 is 0 Å². The van der Waals surface area contributed by atoms with E-state index in [0.717, 1.165) is 17.5 Å². The maximum absolute atomic E-state index is 12.2. The van der Waals surface area contributed by atoms with Gasteiger partial charge in [-0.2, -0.15) is 0 Å². The van der Waals surface area contributed by atoms with Gasteiger partial charge in [0.2, 0.25) is 0 Å². The fourth-order valence-electron chi connectivity index (χ4n) is 2.46. The van der Waals surface area contributed by atoms with Crippen LogP contribution in [-0.4, -0.2) is 26.5 Å². The Hall–Kier alpha value is -2.11. The number of halogens is 2. The predicted octanol–water partition coefficient (Wildman–Crippen LogP) is 4.31. The Bertz CT molecular complexity index is 923. The molecule has 0 spiro atoms. The molecule has 0 aliphatic rings. The van der Waals surface area contributed by atoms with E-state index in [1.165, 1.54) is 0 Å². The van der Waals surface area contributed by atoms with Crippen LogP contribution in [0.5, 0.6) is 0 Å². The van der Waals surface area contributed by atoms with Gasteiger partial charge in [0.1, 0.15) is 0 Å². The van der Waals surface area contributed by atoms with Crippen molar-refractivity contribution in [2.45, 2.75) is 32.9 Å². The second-order valence-corrected chi connectivity index (χ2v) is 6.78. The third-order valence-electron chi connectivity index (χ3n) is 4.08. The summed E-state index contributed by atoms with van der Waals surface area (Å²) in [6.07, 6.45) is 4.17. The van der Waals surface area contributed by atoms with Crippen LogP contribution >= 0.6 is 23.2 Å². The number of amides is 1. The standard InChI is InChI=1S/C18H18Cl2N4O/c1-3-11(2)23-18(25)12-4-5-17-15(6-12)22-10-24(17)9-16-14(20)7-13(19)8-21-16/h4-8,10-11H,3,9H2,1-2H3,(H,23,25). The number of carbonyl (C=O) groups is 1. The molecule has 0 saturated carbocycles. The lowest BCUT2D eigenvalue weighted by atomic mass is 10.1. The van der Waals surface area contributed by atoms with Gasteiger partial charge in [-0.3, -0.25) is 9.78 Å². The average molecular weight is 377 g/mol. The molecule has 1 amide bonds. The van der Waals surface area contributed by atoms with Crippen LogP contribution < -0.4 is 5.32 Å². The Kier molecular flexibility index (Phi) is 5.25. The minimum absolute atomic E-state index is 0.0896. The smallest absolute Gasteiger partial charge is 0.251 e. The van der Waals surface area contributed by atoms with Crippen LogP contribution in [0.3, 0.4) is 0 Å². The largest absolute Gasteiger partial charge is 0.350 e. The van der Waals surface area contributed by atoms with Crippen LogP contribution in [-0.2, 0) is 6.54 Å². The van der Waals surface area contributed by atoms with Gasteiger partial charge in [-0.1, -0.05) is 30.1 Å². The van der Waals surface area contributed by atoms with Crippen molar-refractivity contribution < 1.29 is 4.79 Å². The summed E-state index contributed by atoms with van der Waals surface area (Å²) in [6, 6.07) is 7.29. The van der Waals surface area contributed by atoms with E-state index in [2.05, 4.69) is 15.3 Å². The molecule has 3 rings (SSSR count). The van der Waals surface area contributed by atoms with Crippen molar-refractivity contribution in [2.75, 3.05) is 0 Å². The van der Waals surface area contributed by atoms with Gasteiger partial charge >= 0.3 is 0 Å². The highest BCUT2D eigenvalue weighted by Gasteiger charge is 2.12. The van der Waals surface area contributed by atoms with Crippen molar-refractivity contribution in [1.29, 1.82) is 0 Å². The average Bonchev–Trinajstić information content (AvgIpc) is 2.99. The molecule has 2 heterocycles. The molecule has 0 aliphatic carbocycles. The number of rotatable bonds is 5. The first-order valence-electron chi connectivity index (χ1n) is 8.03. The fraction of sp³-hybridized carbons (Fsp3) is 0.278. The fourth-order valence-corrected chi connectivity index (χ4v) is 2.90. The number of hydrogen-bond acceptors (Lipinski definition) is 3. The molecule has 1 unspecified atom stereocenters. The van der Waals surface area contributed by atoms with Crippen molar-refractivity contribution in [1.82, 2.24) is 19.9 Å². The van der Waals surface area contributed by atoms with E-state index >= 15 is 0 Å². The summed E-state index contributed by atoms with van der Waals surface area (Å²) < 4.78 is 1.94. The van der Waals surface area contributed by atoms with Crippen LogP contribution in [0.4, 0.5) is 0 Å². The van der Waals surface area contributed by atoms with E-state index in [9.17, 15) is 4.79 Å². The van der Waals surface area contributed by atoms with Crippen molar-refractivity contribution >= 4 is 40.1 Å². The number of fused-ring (bicyclic) bond motifs is 1. The molecule has 5 nitrogen and oxygen atoms in total. The third kappa shape index (κ3) is 3.94. The molecule has 25 heavy (non-hydrogen) atoms. The molecule has 3 aromatic rings. The van der Waals surface area contributed by atoms with Crippen LogP contribution in [0.25, 0.3) is 11.0 Å². The summed E-state index contributed by atoms with van der Waals surface area (Å²) in [5, 5.41) is 3.97. The Morgan fingerprint density at radius 3 is 2.80 bits per heavy atom. The van der Waals surface area contributed by atoms with Crippen LogP contribution in [0.2, 0.25) is 10.0 Å². The normalized spacial score (nSPS) is 12.3. The van der Waals surface area contributed by atoms with E-state index in [-0.39, 0.29) is 11.9 Å². The summed E-state index contributed by atoms with van der Waals surface area (Å²) in [5.41, 5.74) is 2.97. The molecule has 1 N–H and O–H groups in total. The molecule has 130 valence electrons. The lowest BCUT2D eigenvalue weighted by Gasteiger charge is -2.11. The van der Waals surface area contributed by atoms with Crippen molar-refractivity contribution in [3.8, 4) is 0 Å². The van der Waals surface area contributed by atoms with Crippen molar-refractivity contribution in [2.24, 2.45) is 0 Å². The number of imidazole rings is 1. The highest BCUT2D eigenvalue weighted by atomic mass is 35.5. The topological polar surface area (TPSA) is 59.8 Å². The quantitative estimate of drug-likeness (QED) is 0.721. The molecular weight excluding hydrogens is 359 g/mol. The molecule has 7 heteroatoms. The lowest BCUT2D eigenvalue weighted by molar-refractivity contribution is 0.0939. The Labute approximate surface area is 156 Å². The molecule has 2 aromatic heterocycles. The zero-order chi connectivity index (χ0) is 18.0. The molecule has 0 bridgehead atoms.